The van der Waals surface area contributed by atoms with Crippen molar-refractivity contribution in [3.05, 3.63) is 29.8 Å². The van der Waals surface area contributed by atoms with Crippen LogP contribution in [0, 0.1) is 5.92 Å². The number of imide groups is 1. The maximum Gasteiger partial charge on any atom is 0.446 e. The number of alkyl halides is 3. The van der Waals surface area contributed by atoms with E-state index in [1.807, 2.05) is 0 Å². The summed E-state index contributed by atoms with van der Waals surface area (Å²) in [6, 6.07) is 4.03. The van der Waals surface area contributed by atoms with E-state index in [2.05, 4.69) is 17.7 Å². The molecule has 146 valence electrons. The highest BCUT2D eigenvalue weighted by Gasteiger charge is 2.52. The molecule has 0 aromatic heterocycles. The van der Waals surface area contributed by atoms with E-state index in [1.54, 1.807) is 0 Å². The highest BCUT2D eigenvalue weighted by molar-refractivity contribution is 8.00. The van der Waals surface area contributed by atoms with E-state index in [9.17, 15) is 27.6 Å². The van der Waals surface area contributed by atoms with Gasteiger partial charge in [0, 0.05) is 10.5 Å². The van der Waals surface area contributed by atoms with E-state index in [4.69, 9.17) is 0 Å². The van der Waals surface area contributed by atoms with Crippen LogP contribution in [0.1, 0.15) is 43.0 Å². The lowest BCUT2D eigenvalue weighted by Gasteiger charge is -2.33. The summed E-state index contributed by atoms with van der Waals surface area (Å²) < 4.78 is 37.1. The fourth-order valence-corrected chi connectivity index (χ4v) is 3.83. The first-order chi connectivity index (χ1) is 12.6. The van der Waals surface area contributed by atoms with Gasteiger partial charge in [0.25, 0.3) is 11.8 Å². The van der Waals surface area contributed by atoms with Crippen molar-refractivity contribution in [2.45, 2.75) is 48.5 Å². The molecule has 10 heteroatoms. The van der Waals surface area contributed by atoms with Gasteiger partial charge in [0.1, 0.15) is 5.54 Å². The van der Waals surface area contributed by atoms with Crippen LogP contribution in [-0.2, 0) is 4.79 Å². The Hall–Kier alpha value is -2.23. The lowest BCUT2D eigenvalue weighted by atomic mass is 9.77. The molecule has 0 unspecified atom stereocenters. The SMILES string of the molecule is CC1CCC2(CC1)NC(=O)N(NC(=O)c1ccc(SC(F)(F)F)cc1)C2=O. The number of urea groups is 1. The molecule has 2 N–H and O–H groups in total. The van der Waals surface area contributed by atoms with E-state index in [0.29, 0.717) is 23.8 Å². The van der Waals surface area contributed by atoms with E-state index < -0.39 is 28.9 Å². The Morgan fingerprint density at radius 3 is 2.37 bits per heavy atom. The van der Waals surface area contributed by atoms with Crippen LogP contribution in [-0.4, -0.2) is 33.9 Å². The zero-order valence-electron chi connectivity index (χ0n) is 14.4. The van der Waals surface area contributed by atoms with Crippen LogP contribution in [0.4, 0.5) is 18.0 Å². The van der Waals surface area contributed by atoms with Gasteiger partial charge >= 0.3 is 11.5 Å². The first-order valence-electron chi connectivity index (χ1n) is 8.43. The second-order valence-electron chi connectivity index (χ2n) is 6.85. The van der Waals surface area contributed by atoms with E-state index in [0.717, 1.165) is 25.0 Å². The number of halogens is 3. The third kappa shape index (κ3) is 4.20. The van der Waals surface area contributed by atoms with E-state index in [-0.39, 0.29) is 22.2 Å². The molecule has 4 amide bonds. The van der Waals surface area contributed by atoms with Crippen LogP contribution in [0.15, 0.2) is 29.2 Å². The quantitative estimate of drug-likeness (QED) is 0.601. The molecule has 1 aromatic carbocycles. The van der Waals surface area contributed by atoms with Crippen LogP contribution in [0.5, 0.6) is 0 Å². The molecule has 1 saturated heterocycles. The predicted octanol–water partition coefficient (Wildman–Crippen LogP) is 3.44. The smallest absolute Gasteiger partial charge is 0.322 e. The van der Waals surface area contributed by atoms with E-state index in [1.165, 1.54) is 12.1 Å². The highest BCUT2D eigenvalue weighted by Crippen LogP contribution is 2.37. The monoisotopic (exact) mass is 401 g/mol. The molecule has 0 bridgehead atoms. The van der Waals surface area contributed by atoms with Gasteiger partial charge in [-0.1, -0.05) is 6.92 Å². The van der Waals surface area contributed by atoms with Gasteiger partial charge in [-0.25, -0.2) is 4.79 Å². The summed E-state index contributed by atoms with van der Waals surface area (Å²) in [5.74, 6) is -0.780. The van der Waals surface area contributed by atoms with Gasteiger partial charge in [-0.15, -0.1) is 0 Å². The second-order valence-corrected chi connectivity index (χ2v) is 7.99. The molecule has 2 fully saturated rings. The van der Waals surface area contributed by atoms with Crippen molar-refractivity contribution in [3.8, 4) is 0 Å². The first kappa shape index (κ1) is 19.5. The number of benzene rings is 1. The lowest BCUT2D eigenvalue weighted by molar-refractivity contribution is -0.134. The summed E-state index contributed by atoms with van der Waals surface area (Å²) in [6.45, 7) is 2.08. The van der Waals surface area contributed by atoms with Crippen LogP contribution < -0.4 is 10.7 Å². The molecule has 1 saturated carbocycles. The van der Waals surface area contributed by atoms with Gasteiger partial charge in [-0.05, 0) is 67.6 Å². The Labute approximate surface area is 157 Å². The Bertz CT molecular complexity index is 759. The Morgan fingerprint density at radius 1 is 1.22 bits per heavy atom. The third-order valence-corrected chi connectivity index (χ3v) is 5.59. The Kier molecular flexibility index (Phi) is 5.11. The van der Waals surface area contributed by atoms with Gasteiger partial charge in [0.2, 0.25) is 0 Å². The molecular formula is C17H18F3N3O3S. The number of carbonyl (C=O) groups excluding carboxylic acids is 3. The molecule has 1 spiro atoms. The summed E-state index contributed by atoms with van der Waals surface area (Å²) >= 11 is -0.291. The fourth-order valence-electron chi connectivity index (χ4n) is 3.29. The number of rotatable bonds is 3. The zero-order valence-corrected chi connectivity index (χ0v) is 15.2. The Balaban J connectivity index is 1.67. The minimum absolute atomic E-state index is 0.0420. The number of carbonyl (C=O) groups is 3. The summed E-state index contributed by atoms with van der Waals surface area (Å²) in [5, 5.41) is 3.34. The largest absolute Gasteiger partial charge is 0.446 e. The van der Waals surface area contributed by atoms with Gasteiger partial charge < -0.3 is 5.32 Å². The van der Waals surface area contributed by atoms with Gasteiger partial charge in [-0.3, -0.25) is 15.0 Å². The van der Waals surface area contributed by atoms with Crippen LogP contribution in [0.3, 0.4) is 0 Å². The van der Waals surface area contributed by atoms with Crippen molar-refractivity contribution in [2.75, 3.05) is 0 Å². The molecule has 1 aliphatic carbocycles. The molecule has 1 aromatic rings. The third-order valence-electron chi connectivity index (χ3n) is 4.85. The lowest BCUT2D eigenvalue weighted by Crippen LogP contribution is -2.51. The maximum atomic E-state index is 12.7. The van der Waals surface area contributed by atoms with Crippen molar-refractivity contribution >= 4 is 29.6 Å². The number of thioether (sulfide) groups is 1. The average molecular weight is 401 g/mol. The highest BCUT2D eigenvalue weighted by atomic mass is 32.2. The molecule has 27 heavy (non-hydrogen) atoms. The Morgan fingerprint density at radius 2 is 1.81 bits per heavy atom. The van der Waals surface area contributed by atoms with Gasteiger partial charge in [0.15, 0.2) is 0 Å². The van der Waals surface area contributed by atoms with Crippen molar-refractivity contribution < 1.29 is 27.6 Å². The fraction of sp³-hybridized carbons (Fsp3) is 0.471. The van der Waals surface area contributed by atoms with Gasteiger partial charge in [0.05, 0.1) is 0 Å². The minimum Gasteiger partial charge on any atom is -0.322 e. The number of amides is 4. The standard InChI is InChI=1S/C17H18F3N3O3S/c1-10-6-8-16(9-7-10)14(25)23(15(26)21-16)22-13(24)11-2-4-12(5-3-11)27-17(18,19)20/h2-5,10H,6-9H2,1H3,(H,21,26)(H,22,24). The molecule has 3 rings (SSSR count). The van der Waals surface area contributed by atoms with Crippen LogP contribution in [0.2, 0.25) is 0 Å². The van der Waals surface area contributed by atoms with Crippen LogP contribution in [0.25, 0.3) is 0 Å². The van der Waals surface area contributed by atoms with E-state index >= 15 is 0 Å². The molecule has 1 aliphatic heterocycles. The zero-order chi connectivity index (χ0) is 19.8. The van der Waals surface area contributed by atoms with Crippen molar-refractivity contribution in [3.63, 3.8) is 0 Å². The number of hydrazine groups is 1. The number of hydrogen-bond donors (Lipinski definition) is 2. The maximum absolute atomic E-state index is 12.7. The first-order valence-corrected chi connectivity index (χ1v) is 9.25. The molecule has 0 atom stereocenters. The summed E-state index contributed by atoms with van der Waals surface area (Å²) in [7, 11) is 0. The normalized spacial score (nSPS) is 25.6. The minimum atomic E-state index is -4.42. The molecule has 2 aliphatic rings. The number of nitrogens with one attached hydrogen (secondary N) is 2. The van der Waals surface area contributed by atoms with Crippen molar-refractivity contribution in [1.82, 2.24) is 15.8 Å². The molecular weight excluding hydrogens is 383 g/mol. The summed E-state index contributed by atoms with van der Waals surface area (Å²) in [4.78, 5) is 37.1. The van der Waals surface area contributed by atoms with Crippen molar-refractivity contribution in [2.24, 2.45) is 5.92 Å². The topological polar surface area (TPSA) is 78.5 Å². The molecule has 6 nitrogen and oxygen atoms in total. The summed E-state index contributed by atoms with van der Waals surface area (Å²) in [6.07, 6.45) is 2.61. The van der Waals surface area contributed by atoms with Gasteiger partial charge in [-0.2, -0.15) is 18.2 Å². The second kappa shape index (κ2) is 7.06. The predicted molar refractivity (Wildman–Crippen MR) is 91.6 cm³/mol. The van der Waals surface area contributed by atoms with Crippen LogP contribution >= 0.6 is 11.8 Å². The number of nitrogens with zero attached hydrogens (tertiary/aromatic N) is 1. The summed E-state index contributed by atoms with van der Waals surface area (Å²) in [5.41, 5.74) is -3.11. The van der Waals surface area contributed by atoms with Crippen molar-refractivity contribution in [1.29, 1.82) is 0 Å². The molecule has 1 heterocycles. The average Bonchev–Trinajstić information content (AvgIpc) is 2.81. The molecule has 0 radical (unpaired) electrons. The number of hydrogen-bond acceptors (Lipinski definition) is 4.